The molecule has 1 aliphatic carbocycles. The van der Waals surface area contributed by atoms with Gasteiger partial charge in [-0.1, -0.05) is 42.5 Å². The van der Waals surface area contributed by atoms with E-state index in [1.807, 2.05) is 36.4 Å². The van der Waals surface area contributed by atoms with Crippen molar-refractivity contribution in [1.82, 2.24) is 0 Å². The van der Waals surface area contributed by atoms with E-state index in [1.54, 1.807) is 7.11 Å². The minimum Gasteiger partial charge on any atom is -0.496 e. The zero-order valence-electron chi connectivity index (χ0n) is 12.3. The standard InChI is InChI=1S/C18H21NO2/c1-21-16-9-5-3-7-14(16)17(20)18(12-19)11-10-13-6-2-4-8-15(13)18/h2-9,17,20H,10-12,19H2,1H3. The molecule has 1 aliphatic rings. The molecule has 0 saturated carbocycles. The lowest BCUT2D eigenvalue weighted by atomic mass is 9.74. The fourth-order valence-corrected chi connectivity index (χ4v) is 3.51. The fraction of sp³-hybridized carbons (Fsp3) is 0.333. The molecule has 3 rings (SSSR count). The lowest BCUT2D eigenvalue weighted by molar-refractivity contribution is 0.0816. The van der Waals surface area contributed by atoms with Crippen molar-refractivity contribution in [3.05, 3.63) is 65.2 Å². The molecule has 0 radical (unpaired) electrons. The predicted octanol–water partition coefficient (Wildman–Crippen LogP) is 2.57. The van der Waals surface area contributed by atoms with Crippen LogP contribution in [0, 0.1) is 0 Å². The molecule has 3 nitrogen and oxygen atoms in total. The molecule has 2 unspecified atom stereocenters. The maximum absolute atomic E-state index is 11.1. The highest BCUT2D eigenvalue weighted by Crippen LogP contribution is 2.48. The molecule has 0 spiro atoms. The van der Waals surface area contributed by atoms with Gasteiger partial charge in [0.15, 0.2) is 0 Å². The average molecular weight is 283 g/mol. The average Bonchev–Trinajstić information content (AvgIpc) is 2.94. The van der Waals surface area contributed by atoms with Crippen molar-refractivity contribution in [3.63, 3.8) is 0 Å². The summed E-state index contributed by atoms with van der Waals surface area (Å²) in [6.45, 7) is 0.420. The van der Waals surface area contributed by atoms with Crippen molar-refractivity contribution in [2.45, 2.75) is 24.4 Å². The normalized spacial score (nSPS) is 21.9. The van der Waals surface area contributed by atoms with Gasteiger partial charge in [-0.15, -0.1) is 0 Å². The van der Waals surface area contributed by atoms with Crippen LogP contribution in [0.25, 0.3) is 0 Å². The summed E-state index contributed by atoms with van der Waals surface area (Å²) in [7, 11) is 1.63. The van der Waals surface area contributed by atoms with E-state index in [4.69, 9.17) is 10.5 Å². The molecule has 0 fully saturated rings. The summed E-state index contributed by atoms with van der Waals surface area (Å²) in [5, 5.41) is 11.1. The van der Waals surface area contributed by atoms with Crippen LogP contribution >= 0.6 is 0 Å². The number of hydrogen-bond donors (Lipinski definition) is 2. The van der Waals surface area contributed by atoms with Gasteiger partial charge in [-0.2, -0.15) is 0 Å². The summed E-state index contributed by atoms with van der Waals surface area (Å²) < 4.78 is 5.40. The molecular formula is C18H21NO2. The number of aliphatic hydroxyl groups excluding tert-OH is 1. The summed E-state index contributed by atoms with van der Waals surface area (Å²) in [5.74, 6) is 0.710. The molecule has 3 N–H and O–H groups in total. The third-order valence-corrected chi connectivity index (χ3v) is 4.72. The number of para-hydroxylation sites is 1. The third-order valence-electron chi connectivity index (χ3n) is 4.72. The van der Waals surface area contributed by atoms with Crippen LogP contribution < -0.4 is 10.5 Å². The van der Waals surface area contributed by atoms with E-state index in [0.717, 1.165) is 18.4 Å². The molecular weight excluding hydrogens is 262 g/mol. The van der Waals surface area contributed by atoms with E-state index < -0.39 is 11.5 Å². The summed E-state index contributed by atoms with van der Waals surface area (Å²) >= 11 is 0. The maximum Gasteiger partial charge on any atom is 0.124 e. The molecule has 0 aromatic heterocycles. The van der Waals surface area contributed by atoms with Gasteiger partial charge in [0.05, 0.1) is 13.2 Å². The monoisotopic (exact) mass is 283 g/mol. The Kier molecular flexibility index (Phi) is 3.70. The highest BCUT2D eigenvalue weighted by atomic mass is 16.5. The first-order valence-electron chi connectivity index (χ1n) is 7.32. The predicted molar refractivity (Wildman–Crippen MR) is 83.4 cm³/mol. The topological polar surface area (TPSA) is 55.5 Å². The fourth-order valence-electron chi connectivity index (χ4n) is 3.51. The number of ether oxygens (including phenoxy) is 1. The second-order valence-corrected chi connectivity index (χ2v) is 5.66. The molecule has 0 amide bonds. The first-order valence-corrected chi connectivity index (χ1v) is 7.32. The Balaban J connectivity index is 2.09. The molecule has 3 heteroatoms. The minimum absolute atomic E-state index is 0.420. The Morgan fingerprint density at radius 1 is 1.19 bits per heavy atom. The number of hydrogen-bond acceptors (Lipinski definition) is 3. The van der Waals surface area contributed by atoms with Crippen molar-refractivity contribution >= 4 is 0 Å². The van der Waals surface area contributed by atoms with Gasteiger partial charge >= 0.3 is 0 Å². The number of aliphatic hydroxyl groups is 1. The number of aryl methyl sites for hydroxylation is 1. The first-order chi connectivity index (χ1) is 10.2. The zero-order chi connectivity index (χ0) is 14.9. The highest BCUT2D eigenvalue weighted by Gasteiger charge is 2.44. The van der Waals surface area contributed by atoms with Crippen LogP contribution in [0.15, 0.2) is 48.5 Å². The van der Waals surface area contributed by atoms with Gasteiger partial charge in [0, 0.05) is 17.5 Å². The highest BCUT2D eigenvalue weighted by molar-refractivity contribution is 5.45. The molecule has 110 valence electrons. The van der Waals surface area contributed by atoms with E-state index in [2.05, 4.69) is 12.1 Å². The van der Waals surface area contributed by atoms with E-state index in [9.17, 15) is 5.11 Å². The lowest BCUT2D eigenvalue weighted by Gasteiger charge is -2.35. The number of fused-ring (bicyclic) bond motifs is 1. The molecule has 0 saturated heterocycles. The first kappa shape index (κ1) is 14.1. The van der Waals surface area contributed by atoms with Gasteiger partial charge in [-0.05, 0) is 30.0 Å². The Hall–Kier alpha value is -1.84. The number of methoxy groups -OCH3 is 1. The Morgan fingerprint density at radius 2 is 1.90 bits per heavy atom. The van der Waals surface area contributed by atoms with Crippen LogP contribution in [0.5, 0.6) is 5.75 Å². The molecule has 21 heavy (non-hydrogen) atoms. The quantitative estimate of drug-likeness (QED) is 0.906. The van der Waals surface area contributed by atoms with Crippen LogP contribution in [0.2, 0.25) is 0 Å². The Labute approximate surface area is 125 Å². The summed E-state index contributed by atoms with van der Waals surface area (Å²) in [4.78, 5) is 0. The number of benzene rings is 2. The van der Waals surface area contributed by atoms with E-state index >= 15 is 0 Å². The van der Waals surface area contributed by atoms with E-state index in [0.29, 0.717) is 12.3 Å². The molecule has 2 aromatic rings. The Bertz CT molecular complexity index is 641. The van der Waals surface area contributed by atoms with Crippen molar-refractivity contribution < 1.29 is 9.84 Å². The van der Waals surface area contributed by atoms with Crippen molar-refractivity contribution in [2.24, 2.45) is 5.73 Å². The maximum atomic E-state index is 11.1. The van der Waals surface area contributed by atoms with Crippen LogP contribution in [-0.4, -0.2) is 18.8 Å². The van der Waals surface area contributed by atoms with E-state index in [-0.39, 0.29) is 0 Å². The summed E-state index contributed by atoms with van der Waals surface area (Å²) in [6.07, 6.45) is 1.16. The second kappa shape index (κ2) is 5.51. The lowest BCUT2D eigenvalue weighted by Crippen LogP contribution is -2.39. The van der Waals surface area contributed by atoms with Crippen molar-refractivity contribution in [3.8, 4) is 5.75 Å². The van der Waals surface area contributed by atoms with Crippen LogP contribution in [-0.2, 0) is 11.8 Å². The van der Waals surface area contributed by atoms with Crippen LogP contribution in [0.1, 0.15) is 29.2 Å². The number of nitrogens with two attached hydrogens (primary N) is 1. The SMILES string of the molecule is COc1ccccc1C(O)C1(CN)CCc2ccccc21. The summed E-state index contributed by atoms with van der Waals surface area (Å²) in [5.41, 5.74) is 8.96. The smallest absolute Gasteiger partial charge is 0.124 e. The molecule has 0 bridgehead atoms. The zero-order valence-corrected chi connectivity index (χ0v) is 12.3. The number of rotatable bonds is 4. The Morgan fingerprint density at radius 3 is 2.67 bits per heavy atom. The molecule has 2 aromatic carbocycles. The van der Waals surface area contributed by atoms with Crippen molar-refractivity contribution in [2.75, 3.05) is 13.7 Å². The largest absolute Gasteiger partial charge is 0.496 e. The van der Waals surface area contributed by atoms with Gasteiger partial charge in [0.1, 0.15) is 5.75 Å². The van der Waals surface area contributed by atoms with Gasteiger partial charge in [0.25, 0.3) is 0 Å². The molecule has 0 aliphatic heterocycles. The van der Waals surface area contributed by atoms with Crippen LogP contribution in [0.3, 0.4) is 0 Å². The minimum atomic E-state index is -0.665. The molecule has 0 heterocycles. The summed E-state index contributed by atoms with van der Waals surface area (Å²) in [6, 6.07) is 15.9. The third kappa shape index (κ3) is 2.13. The van der Waals surface area contributed by atoms with E-state index in [1.165, 1.54) is 11.1 Å². The van der Waals surface area contributed by atoms with Gasteiger partial charge in [0.2, 0.25) is 0 Å². The molecule has 2 atom stereocenters. The van der Waals surface area contributed by atoms with Crippen molar-refractivity contribution in [1.29, 1.82) is 0 Å². The van der Waals surface area contributed by atoms with Crippen LogP contribution in [0.4, 0.5) is 0 Å². The second-order valence-electron chi connectivity index (χ2n) is 5.66. The van der Waals surface area contributed by atoms with Gasteiger partial charge < -0.3 is 15.6 Å². The van der Waals surface area contributed by atoms with Gasteiger partial charge in [-0.3, -0.25) is 0 Å². The van der Waals surface area contributed by atoms with Gasteiger partial charge in [-0.25, -0.2) is 0 Å².